The lowest BCUT2D eigenvalue weighted by Gasteiger charge is -2.32. The van der Waals surface area contributed by atoms with Crippen molar-refractivity contribution in [1.29, 1.82) is 5.26 Å². The van der Waals surface area contributed by atoms with Crippen LogP contribution in [0.5, 0.6) is 0 Å². The zero-order valence-electron chi connectivity index (χ0n) is 16.1. The van der Waals surface area contributed by atoms with Crippen LogP contribution in [0.1, 0.15) is 35.1 Å². The van der Waals surface area contributed by atoms with Gasteiger partial charge in [0.1, 0.15) is 11.9 Å². The van der Waals surface area contributed by atoms with Crippen LogP contribution in [0.25, 0.3) is 0 Å². The van der Waals surface area contributed by atoms with Crippen molar-refractivity contribution in [2.24, 2.45) is 0 Å². The van der Waals surface area contributed by atoms with Crippen molar-refractivity contribution in [2.75, 3.05) is 13.1 Å². The van der Waals surface area contributed by atoms with Crippen LogP contribution in [0.4, 0.5) is 4.39 Å². The van der Waals surface area contributed by atoms with Gasteiger partial charge in [0.25, 0.3) is 5.79 Å². The summed E-state index contributed by atoms with van der Waals surface area (Å²) in [5, 5.41) is 12.8. The fourth-order valence-electron chi connectivity index (χ4n) is 3.66. The van der Waals surface area contributed by atoms with Crippen LogP contribution in [0.3, 0.4) is 0 Å². The smallest absolute Gasteiger partial charge is 0.309 e. The molecule has 2 aliphatic rings. The molecule has 1 N–H and O–H groups in total. The lowest BCUT2D eigenvalue weighted by molar-refractivity contribution is -0.225. The number of benzene rings is 2. The predicted octanol–water partition coefficient (Wildman–Crippen LogP) is 3.17. The van der Waals surface area contributed by atoms with E-state index in [4.69, 9.17) is 9.47 Å². The minimum absolute atomic E-state index is 0.0294. The highest BCUT2D eigenvalue weighted by Crippen LogP contribution is 2.40. The standard InChI is InChI=1S/C22H19FN2O4S/c23-16-4-1-14(2-5-16)12-30-21-15(11-24)3-6-18-17(21)9-10-25-13-22(18)28-19(26)7-8-20(27)29-22/h1-6,25H,7-10,12-13H2. The summed E-state index contributed by atoms with van der Waals surface area (Å²) < 4.78 is 24.5. The summed E-state index contributed by atoms with van der Waals surface area (Å²) in [6, 6.07) is 11.8. The maximum Gasteiger partial charge on any atom is 0.309 e. The van der Waals surface area contributed by atoms with Crippen molar-refractivity contribution in [1.82, 2.24) is 5.32 Å². The van der Waals surface area contributed by atoms with Crippen LogP contribution in [-0.2, 0) is 37.0 Å². The molecule has 154 valence electrons. The molecule has 0 bridgehead atoms. The number of hydrogen-bond donors (Lipinski definition) is 1. The number of nitriles is 1. The number of nitrogens with zero attached hydrogens (tertiary/aromatic N) is 1. The van der Waals surface area contributed by atoms with Gasteiger partial charge in [-0.3, -0.25) is 9.59 Å². The minimum atomic E-state index is -1.55. The quantitative estimate of drug-likeness (QED) is 0.596. The van der Waals surface area contributed by atoms with Gasteiger partial charge in [-0.25, -0.2) is 4.39 Å². The van der Waals surface area contributed by atoms with E-state index in [-0.39, 0.29) is 25.2 Å². The average Bonchev–Trinajstić information content (AvgIpc) is 3.00. The molecule has 0 unspecified atom stereocenters. The van der Waals surface area contributed by atoms with Crippen LogP contribution in [0, 0.1) is 17.1 Å². The molecule has 2 aromatic carbocycles. The Morgan fingerprint density at radius 2 is 1.77 bits per heavy atom. The van der Waals surface area contributed by atoms with E-state index in [2.05, 4.69) is 11.4 Å². The van der Waals surface area contributed by atoms with Crippen LogP contribution in [0.2, 0.25) is 0 Å². The van der Waals surface area contributed by atoms with E-state index in [9.17, 15) is 19.2 Å². The number of thioether (sulfide) groups is 1. The van der Waals surface area contributed by atoms with Crippen molar-refractivity contribution in [3.05, 3.63) is 64.5 Å². The van der Waals surface area contributed by atoms with E-state index in [1.54, 1.807) is 24.3 Å². The van der Waals surface area contributed by atoms with E-state index >= 15 is 0 Å². The summed E-state index contributed by atoms with van der Waals surface area (Å²) in [6.07, 6.45) is 0.518. The molecular weight excluding hydrogens is 407 g/mol. The van der Waals surface area contributed by atoms with Crippen LogP contribution in [0.15, 0.2) is 41.3 Å². The van der Waals surface area contributed by atoms with Crippen molar-refractivity contribution in [3.8, 4) is 6.07 Å². The Balaban J connectivity index is 1.76. The van der Waals surface area contributed by atoms with Gasteiger partial charge < -0.3 is 14.8 Å². The number of carbonyl (C=O) groups excluding carboxylic acids is 2. The molecule has 1 spiro atoms. The van der Waals surface area contributed by atoms with Gasteiger partial charge in [0.15, 0.2) is 0 Å². The highest BCUT2D eigenvalue weighted by molar-refractivity contribution is 7.98. The molecule has 0 amide bonds. The number of nitrogens with one attached hydrogen (secondary N) is 1. The summed E-state index contributed by atoms with van der Waals surface area (Å²) >= 11 is 1.45. The number of ether oxygens (including phenoxy) is 2. The van der Waals surface area contributed by atoms with Gasteiger partial charge in [-0.2, -0.15) is 5.26 Å². The normalized spacial score (nSPS) is 17.9. The third kappa shape index (κ3) is 4.04. The Morgan fingerprint density at radius 1 is 1.07 bits per heavy atom. The molecule has 0 aromatic heterocycles. The minimum Gasteiger partial charge on any atom is -0.416 e. The Hall–Kier alpha value is -2.89. The Labute approximate surface area is 177 Å². The van der Waals surface area contributed by atoms with Crippen LogP contribution >= 0.6 is 11.8 Å². The number of fused-ring (bicyclic) bond motifs is 2. The van der Waals surface area contributed by atoms with Gasteiger partial charge >= 0.3 is 11.9 Å². The summed E-state index contributed by atoms with van der Waals surface area (Å²) in [5.41, 5.74) is 2.80. The van der Waals surface area contributed by atoms with Crippen molar-refractivity contribution in [3.63, 3.8) is 0 Å². The first kappa shape index (κ1) is 20.4. The molecule has 0 aliphatic carbocycles. The molecule has 0 atom stereocenters. The molecule has 6 nitrogen and oxygen atoms in total. The van der Waals surface area contributed by atoms with Crippen molar-refractivity contribution in [2.45, 2.75) is 35.7 Å². The first-order chi connectivity index (χ1) is 14.5. The SMILES string of the molecule is N#Cc1ccc2c(c1SCc1ccc(F)cc1)CCNCC21OC(=O)CCC(=O)O1. The highest BCUT2D eigenvalue weighted by Gasteiger charge is 2.46. The number of hydrogen-bond acceptors (Lipinski definition) is 7. The molecule has 2 heterocycles. The molecular formula is C22H19FN2O4S. The maximum atomic E-state index is 13.2. The molecule has 4 rings (SSSR count). The summed E-state index contributed by atoms with van der Waals surface area (Å²) in [6.45, 7) is 0.717. The van der Waals surface area contributed by atoms with E-state index < -0.39 is 17.7 Å². The van der Waals surface area contributed by atoms with Gasteiger partial charge in [-0.1, -0.05) is 12.1 Å². The zero-order valence-corrected chi connectivity index (χ0v) is 16.9. The second-order valence-corrected chi connectivity index (χ2v) is 8.11. The second-order valence-electron chi connectivity index (χ2n) is 7.12. The third-order valence-corrected chi connectivity index (χ3v) is 6.32. The van der Waals surface area contributed by atoms with Crippen molar-refractivity contribution < 1.29 is 23.5 Å². The lowest BCUT2D eigenvalue weighted by atomic mass is 9.96. The molecule has 2 aliphatic heterocycles. The fraction of sp³-hybridized carbons (Fsp3) is 0.318. The van der Waals surface area contributed by atoms with Gasteiger partial charge in [-0.15, -0.1) is 11.8 Å². The predicted molar refractivity (Wildman–Crippen MR) is 107 cm³/mol. The van der Waals surface area contributed by atoms with Gasteiger partial charge in [-0.05, 0) is 48.4 Å². The Morgan fingerprint density at radius 3 is 2.43 bits per heavy atom. The second kappa shape index (κ2) is 8.46. The molecule has 2 aromatic rings. The summed E-state index contributed by atoms with van der Waals surface area (Å²) in [4.78, 5) is 25.1. The van der Waals surface area contributed by atoms with E-state index in [1.807, 2.05) is 0 Å². The van der Waals surface area contributed by atoms with Crippen LogP contribution < -0.4 is 5.32 Å². The molecule has 8 heteroatoms. The van der Waals surface area contributed by atoms with Crippen molar-refractivity contribution >= 4 is 23.7 Å². The average molecular weight is 426 g/mol. The molecule has 0 radical (unpaired) electrons. The topological polar surface area (TPSA) is 88.4 Å². The number of carbonyl (C=O) groups is 2. The molecule has 1 saturated heterocycles. The van der Waals surface area contributed by atoms with Gasteiger partial charge in [0, 0.05) is 16.2 Å². The van der Waals surface area contributed by atoms with Crippen LogP contribution in [-0.4, -0.2) is 25.0 Å². The molecule has 1 fully saturated rings. The first-order valence-corrected chi connectivity index (χ1v) is 10.6. The third-order valence-electron chi connectivity index (χ3n) is 5.09. The number of rotatable bonds is 3. The monoisotopic (exact) mass is 426 g/mol. The lowest BCUT2D eigenvalue weighted by Crippen LogP contribution is -2.43. The summed E-state index contributed by atoms with van der Waals surface area (Å²) in [7, 11) is 0. The van der Waals surface area contributed by atoms with E-state index in [1.165, 1.54) is 23.9 Å². The largest absolute Gasteiger partial charge is 0.416 e. The maximum absolute atomic E-state index is 13.2. The number of halogens is 1. The first-order valence-electron chi connectivity index (χ1n) is 9.59. The van der Waals surface area contributed by atoms with Gasteiger partial charge in [0.2, 0.25) is 0 Å². The Bertz CT molecular complexity index is 1010. The summed E-state index contributed by atoms with van der Waals surface area (Å²) in [5.74, 6) is -2.32. The highest BCUT2D eigenvalue weighted by atomic mass is 32.2. The zero-order chi connectivity index (χ0) is 21.1. The fourth-order valence-corrected chi connectivity index (χ4v) is 4.82. The molecule has 30 heavy (non-hydrogen) atoms. The van der Waals surface area contributed by atoms with E-state index in [0.29, 0.717) is 29.8 Å². The Kier molecular flexibility index (Phi) is 5.75. The van der Waals surface area contributed by atoms with Gasteiger partial charge in [0.05, 0.1) is 24.9 Å². The van der Waals surface area contributed by atoms with E-state index in [0.717, 1.165) is 16.0 Å². The molecule has 0 saturated carbocycles. The number of esters is 2.